The van der Waals surface area contributed by atoms with Gasteiger partial charge in [-0.15, -0.1) is 0 Å². The molecule has 0 aliphatic rings. The Hall–Kier alpha value is -7.30. The molecule has 0 saturated heterocycles. The first-order valence-electron chi connectivity index (χ1n) is 18.3. The summed E-state index contributed by atoms with van der Waals surface area (Å²) in [6, 6.07) is 62.5. The molecule has 0 bridgehead atoms. The Kier molecular flexibility index (Phi) is 6.02. The topological polar surface area (TPSA) is 43.9 Å². The van der Waals surface area contributed by atoms with Gasteiger partial charge < -0.3 is 4.42 Å². The van der Waals surface area contributed by atoms with Gasteiger partial charge in [-0.2, -0.15) is 0 Å². The van der Waals surface area contributed by atoms with E-state index in [1.807, 2.05) is 0 Å². The summed E-state index contributed by atoms with van der Waals surface area (Å²) in [6.45, 7) is 0. The number of hydrogen-bond acceptors (Lipinski definition) is 3. The van der Waals surface area contributed by atoms with Crippen molar-refractivity contribution >= 4 is 87.0 Å². The first-order valence-corrected chi connectivity index (χ1v) is 18.3. The van der Waals surface area contributed by atoms with E-state index >= 15 is 0 Å². The lowest BCUT2D eigenvalue weighted by molar-refractivity contribution is 0.669. The zero-order valence-corrected chi connectivity index (χ0v) is 29.0. The van der Waals surface area contributed by atoms with Gasteiger partial charge in [-0.05, 0) is 68.9 Å². The van der Waals surface area contributed by atoms with Crippen LogP contribution in [-0.2, 0) is 0 Å². The number of rotatable bonds is 3. The van der Waals surface area contributed by atoms with E-state index in [0.29, 0.717) is 5.95 Å². The molecule has 0 radical (unpaired) electrons. The Morgan fingerprint density at radius 3 is 1.94 bits per heavy atom. The van der Waals surface area contributed by atoms with Gasteiger partial charge in [0.25, 0.3) is 0 Å². The Morgan fingerprint density at radius 1 is 0.407 bits per heavy atom. The van der Waals surface area contributed by atoms with E-state index in [4.69, 9.17) is 14.4 Å². The monoisotopic (exact) mass is 687 g/mol. The second kappa shape index (κ2) is 11.1. The molecule has 0 unspecified atom stereocenters. The van der Waals surface area contributed by atoms with Gasteiger partial charge in [-0.1, -0.05) is 140 Å². The number of fused-ring (bicyclic) bond motifs is 12. The molecule has 0 N–H and O–H groups in total. The minimum Gasteiger partial charge on any atom is -0.456 e. The van der Waals surface area contributed by atoms with Crippen LogP contribution >= 0.6 is 0 Å². The largest absolute Gasteiger partial charge is 0.456 e. The van der Waals surface area contributed by atoms with Crippen LogP contribution in [-0.4, -0.2) is 14.5 Å². The minimum absolute atomic E-state index is 0.640. The molecule has 0 saturated carbocycles. The van der Waals surface area contributed by atoms with Crippen molar-refractivity contribution in [2.45, 2.75) is 0 Å². The highest BCUT2D eigenvalue weighted by atomic mass is 16.3. The van der Waals surface area contributed by atoms with Gasteiger partial charge >= 0.3 is 0 Å². The van der Waals surface area contributed by atoms with Crippen molar-refractivity contribution in [1.29, 1.82) is 0 Å². The molecule has 9 aromatic carbocycles. The summed E-state index contributed by atoms with van der Waals surface area (Å²) in [7, 11) is 0. The van der Waals surface area contributed by atoms with Crippen LogP contribution in [0.5, 0.6) is 0 Å². The molecule has 0 aliphatic heterocycles. The molecule has 4 heteroatoms. The van der Waals surface area contributed by atoms with Crippen LogP contribution in [0.3, 0.4) is 0 Å². The molecule has 0 spiro atoms. The third kappa shape index (κ3) is 4.19. The number of furan rings is 1. The SMILES string of the molecule is c1ccc(-c2nc(-n3c4cc5ccccc5cc4c4cccc(-c5ccc6oc7ccc8ccccc8c7c6c5)c43)nc3c2ccc2ccccc23)cc1. The number of hydrogen-bond donors (Lipinski definition) is 0. The summed E-state index contributed by atoms with van der Waals surface area (Å²) in [5, 5.41) is 12.6. The van der Waals surface area contributed by atoms with Crippen LogP contribution in [0.15, 0.2) is 180 Å². The lowest BCUT2D eigenvalue weighted by Gasteiger charge is -2.15. The Bertz CT molecular complexity index is 3500. The van der Waals surface area contributed by atoms with Gasteiger partial charge in [-0.25, -0.2) is 9.97 Å². The van der Waals surface area contributed by atoms with E-state index < -0.39 is 0 Å². The van der Waals surface area contributed by atoms with Crippen molar-refractivity contribution in [3.63, 3.8) is 0 Å². The molecule has 12 aromatic rings. The molecule has 12 rings (SSSR count). The van der Waals surface area contributed by atoms with E-state index in [2.05, 4.69) is 180 Å². The molecule has 0 fully saturated rings. The maximum absolute atomic E-state index is 6.43. The smallest absolute Gasteiger partial charge is 0.235 e. The first kappa shape index (κ1) is 29.3. The molecule has 54 heavy (non-hydrogen) atoms. The summed E-state index contributed by atoms with van der Waals surface area (Å²) in [4.78, 5) is 11.0. The van der Waals surface area contributed by atoms with Gasteiger partial charge in [0.15, 0.2) is 0 Å². The predicted molar refractivity (Wildman–Crippen MR) is 225 cm³/mol. The Morgan fingerprint density at radius 2 is 1.09 bits per heavy atom. The normalized spacial score (nSPS) is 12.1. The third-order valence-electron chi connectivity index (χ3n) is 11.2. The van der Waals surface area contributed by atoms with Crippen LogP contribution in [0, 0.1) is 0 Å². The summed E-state index contributed by atoms with van der Waals surface area (Å²) in [5.74, 6) is 0.640. The fraction of sp³-hybridized carbons (Fsp3) is 0. The molecule has 3 aromatic heterocycles. The summed E-state index contributed by atoms with van der Waals surface area (Å²) >= 11 is 0. The van der Waals surface area contributed by atoms with Gasteiger partial charge in [0.05, 0.1) is 22.2 Å². The fourth-order valence-electron chi connectivity index (χ4n) is 8.67. The van der Waals surface area contributed by atoms with Crippen molar-refractivity contribution in [2.75, 3.05) is 0 Å². The quantitative estimate of drug-likeness (QED) is 0.174. The van der Waals surface area contributed by atoms with Crippen molar-refractivity contribution in [3.05, 3.63) is 176 Å². The van der Waals surface area contributed by atoms with Gasteiger partial charge in [0, 0.05) is 43.4 Å². The predicted octanol–water partition coefficient (Wildman–Crippen LogP) is 13.4. The van der Waals surface area contributed by atoms with Crippen molar-refractivity contribution in [1.82, 2.24) is 14.5 Å². The van der Waals surface area contributed by atoms with Gasteiger partial charge in [0.1, 0.15) is 11.2 Å². The van der Waals surface area contributed by atoms with Crippen LogP contribution < -0.4 is 0 Å². The van der Waals surface area contributed by atoms with Crippen LogP contribution in [0.2, 0.25) is 0 Å². The maximum Gasteiger partial charge on any atom is 0.235 e. The molecule has 0 amide bonds. The Labute approximate surface area is 309 Å². The fourth-order valence-corrected chi connectivity index (χ4v) is 8.67. The van der Waals surface area contributed by atoms with Gasteiger partial charge in [0.2, 0.25) is 5.95 Å². The van der Waals surface area contributed by atoms with Crippen molar-refractivity contribution < 1.29 is 4.42 Å². The molecule has 3 heterocycles. The standard InChI is InChI=1S/C50H29N3O/c1-2-13-32(14-3-1)47-40-24-21-31-12-7-9-18-37(31)48(40)52-50(51-47)53-43-29-34-16-5-4-15-33(34)27-41(43)39-20-10-19-38(49(39)53)35-23-25-44-42(28-35)46-36-17-8-6-11-30(36)22-26-45(46)54-44/h1-29H. The highest BCUT2D eigenvalue weighted by Crippen LogP contribution is 2.43. The van der Waals surface area contributed by atoms with E-state index in [-0.39, 0.29) is 0 Å². The van der Waals surface area contributed by atoms with Crippen molar-refractivity contribution in [2.24, 2.45) is 0 Å². The van der Waals surface area contributed by atoms with E-state index in [1.54, 1.807) is 0 Å². The van der Waals surface area contributed by atoms with Crippen LogP contribution in [0.4, 0.5) is 0 Å². The minimum atomic E-state index is 0.640. The maximum atomic E-state index is 6.43. The van der Waals surface area contributed by atoms with E-state index in [1.165, 1.54) is 21.5 Å². The highest BCUT2D eigenvalue weighted by Gasteiger charge is 2.22. The van der Waals surface area contributed by atoms with Crippen LogP contribution in [0.25, 0.3) is 115 Å². The van der Waals surface area contributed by atoms with Crippen molar-refractivity contribution in [3.8, 4) is 28.3 Å². The molecule has 0 atom stereocenters. The number of aromatic nitrogens is 3. The average molecular weight is 688 g/mol. The highest BCUT2D eigenvalue weighted by molar-refractivity contribution is 6.21. The molecular formula is C50H29N3O. The summed E-state index contributed by atoms with van der Waals surface area (Å²) in [5.41, 5.74) is 9.01. The molecule has 4 nitrogen and oxygen atoms in total. The number of benzene rings is 9. The lowest BCUT2D eigenvalue weighted by Crippen LogP contribution is -2.04. The molecule has 0 aliphatic carbocycles. The molecule has 250 valence electrons. The first-order chi connectivity index (χ1) is 26.8. The summed E-state index contributed by atoms with van der Waals surface area (Å²) < 4.78 is 8.73. The Balaban J connectivity index is 1.23. The lowest BCUT2D eigenvalue weighted by atomic mass is 9.98. The van der Waals surface area contributed by atoms with Gasteiger partial charge in [-0.3, -0.25) is 4.57 Å². The zero-order valence-electron chi connectivity index (χ0n) is 29.0. The van der Waals surface area contributed by atoms with E-state index in [0.717, 1.165) is 87.8 Å². The average Bonchev–Trinajstić information content (AvgIpc) is 3.78. The number of para-hydroxylation sites is 1. The second-order valence-electron chi connectivity index (χ2n) is 14.1. The third-order valence-corrected chi connectivity index (χ3v) is 11.2. The van der Waals surface area contributed by atoms with Crippen LogP contribution in [0.1, 0.15) is 0 Å². The summed E-state index contributed by atoms with van der Waals surface area (Å²) in [6.07, 6.45) is 0. The second-order valence-corrected chi connectivity index (χ2v) is 14.1. The van der Waals surface area contributed by atoms with E-state index in [9.17, 15) is 0 Å². The zero-order chi connectivity index (χ0) is 35.3. The number of nitrogens with zero attached hydrogens (tertiary/aromatic N) is 3. The molecular weight excluding hydrogens is 659 g/mol.